The Bertz CT molecular complexity index is 94.3. The number of hydrogen-bond acceptors (Lipinski definition) is 0. The van der Waals surface area contributed by atoms with E-state index >= 15 is 0 Å². The van der Waals surface area contributed by atoms with Gasteiger partial charge in [-0.05, 0) is 12.3 Å². The van der Waals surface area contributed by atoms with Crippen molar-refractivity contribution >= 4 is 0 Å². The smallest absolute Gasteiger partial charge is 0.171 e. The summed E-state index contributed by atoms with van der Waals surface area (Å²) in [6.07, 6.45) is -3.58. The molecule has 0 spiro atoms. The van der Waals surface area contributed by atoms with E-state index in [1.807, 2.05) is 0 Å². The van der Waals surface area contributed by atoms with Crippen molar-refractivity contribution in [3.05, 3.63) is 0 Å². The van der Waals surface area contributed by atoms with Crippen LogP contribution in [-0.2, 0) is 0 Å². The summed E-state index contributed by atoms with van der Waals surface area (Å²) in [6, 6.07) is 0. The third-order valence-corrected chi connectivity index (χ3v) is 1.53. The molecule has 0 aromatic rings. The molecule has 0 amide bonds. The van der Waals surface area contributed by atoms with Crippen molar-refractivity contribution in [2.75, 3.05) is 0 Å². The lowest BCUT2D eigenvalue weighted by molar-refractivity contribution is -0.150. The molecule has 0 radical (unpaired) electrons. The second-order valence-electron chi connectivity index (χ2n) is 2.36. The summed E-state index contributed by atoms with van der Waals surface area (Å²) >= 11 is 0. The van der Waals surface area contributed by atoms with E-state index in [1.165, 1.54) is 0 Å². The first-order valence-electron chi connectivity index (χ1n) is 2.58. The first kappa shape index (κ1) is 5.92. The lowest BCUT2D eigenvalue weighted by atomic mass is 10.3. The van der Waals surface area contributed by atoms with E-state index in [1.54, 1.807) is 6.92 Å². The number of rotatable bonds is 0. The van der Waals surface area contributed by atoms with Crippen LogP contribution < -0.4 is 0 Å². The topological polar surface area (TPSA) is 0 Å². The van der Waals surface area contributed by atoms with E-state index in [2.05, 4.69) is 0 Å². The summed E-state index contributed by atoms with van der Waals surface area (Å²) in [4.78, 5) is 0. The van der Waals surface area contributed by atoms with Crippen LogP contribution in [0.3, 0.4) is 0 Å². The Morgan fingerprint density at radius 2 is 1.75 bits per heavy atom. The Hall–Kier alpha value is -0.210. The predicted octanol–water partition coefficient (Wildman–Crippen LogP) is 2.20. The Balaban J connectivity index is 2.39. The molecule has 1 fully saturated rings. The highest BCUT2D eigenvalue weighted by atomic mass is 19.4. The maximum absolute atomic E-state index is 11.5. The van der Waals surface area contributed by atoms with E-state index in [4.69, 9.17) is 0 Å². The minimum absolute atomic E-state index is 0.116. The average Bonchev–Trinajstić information content (AvgIpc) is 2.13. The van der Waals surface area contributed by atoms with Gasteiger partial charge in [0.05, 0.1) is 5.92 Å². The molecule has 0 nitrogen and oxygen atoms in total. The Morgan fingerprint density at radius 3 is 1.75 bits per heavy atom. The van der Waals surface area contributed by atoms with Crippen LogP contribution in [0.15, 0.2) is 0 Å². The molecule has 0 heterocycles. The Kier molecular flexibility index (Phi) is 1.03. The highest BCUT2D eigenvalue weighted by Crippen LogP contribution is 2.49. The van der Waals surface area contributed by atoms with Crippen LogP contribution >= 0.6 is 0 Å². The summed E-state index contributed by atoms with van der Waals surface area (Å²) in [6.45, 7) is 1.62. The molecule has 0 aliphatic heterocycles. The summed E-state index contributed by atoms with van der Waals surface area (Å²) < 4.78 is 34.5. The van der Waals surface area contributed by atoms with Crippen molar-refractivity contribution in [2.24, 2.45) is 11.8 Å². The average molecular weight is 124 g/mol. The van der Waals surface area contributed by atoms with E-state index in [0.717, 1.165) is 0 Å². The Labute approximate surface area is 45.7 Å². The van der Waals surface area contributed by atoms with Crippen molar-refractivity contribution in [2.45, 2.75) is 19.5 Å². The molecule has 0 N–H and O–H groups in total. The van der Waals surface area contributed by atoms with Crippen LogP contribution in [0.5, 0.6) is 0 Å². The lowest BCUT2D eigenvalue weighted by Crippen LogP contribution is -2.10. The summed E-state index contributed by atoms with van der Waals surface area (Å²) in [7, 11) is 0. The molecule has 48 valence electrons. The largest absolute Gasteiger partial charge is 0.392 e. The van der Waals surface area contributed by atoms with Crippen LogP contribution in [0, 0.1) is 11.8 Å². The van der Waals surface area contributed by atoms with Crippen LogP contribution in [0.1, 0.15) is 13.3 Å². The fourth-order valence-corrected chi connectivity index (χ4v) is 0.778. The van der Waals surface area contributed by atoms with Crippen molar-refractivity contribution in [1.29, 1.82) is 0 Å². The first-order valence-corrected chi connectivity index (χ1v) is 2.58. The molecule has 1 aliphatic rings. The summed E-state index contributed by atoms with van der Waals surface area (Å²) in [5, 5.41) is 0. The van der Waals surface area contributed by atoms with Gasteiger partial charge in [0, 0.05) is 0 Å². The molecule has 8 heavy (non-hydrogen) atoms. The maximum atomic E-state index is 11.5. The monoisotopic (exact) mass is 124 g/mol. The van der Waals surface area contributed by atoms with Crippen molar-refractivity contribution < 1.29 is 13.2 Å². The van der Waals surface area contributed by atoms with Gasteiger partial charge in [0.2, 0.25) is 0 Å². The molecule has 1 rings (SSSR count). The molecule has 0 aromatic carbocycles. The van der Waals surface area contributed by atoms with Gasteiger partial charge in [-0.3, -0.25) is 0 Å². The molecule has 2 atom stereocenters. The molecule has 1 aliphatic carbocycles. The fraction of sp³-hybridized carbons (Fsp3) is 1.00. The molecular formula is C5H7F3. The van der Waals surface area contributed by atoms with Gasteiger partial charge in [-0.1, -0.05) is 6.92 Å². The normalized spacial score (nSPS) is 37.5. The summed E-state index contributed by atoms with van der Waals surface area (Å²) in [5.41, 5.74) is 0. The number of hydrogen-bond donors (Lipinski definition) is 0. The van der Waals surface area contributed by atoms with Crippen LogP contribution in [-0.4, -0.2) is 6.18 Å². The third kappa shape index (κ3) is 0.956. The zero-order valence-electron chi connectivity index (χ0n) is 4.50. The maximum Gasteiger partial charge on any atom is 0.392 e. The molecule has 1 saturated carbocycles. The van der Waals surface area contributed by atoms with E-state index in [0.29, 0.717) is 6.42 Å². The van der Waals surface area contributed by atoms with Crippen molar-refractivity contribution in [1.82, 2.24) is 0 Å². The second-order valence-corrected chi connectivity index (χ2v) is 2.36. The Morgan fingerprint density at radius 1 is 1.38 bits per heavy atom. The molecular weight excluding hydrogens is 117 g/mol. The molecule has 0 unspecified atom stereocenters. The van der Waals surface area contributed by atoms with E-state index < -0.39 is 12.1 Å². The van der Waals surface area contributed by atoms with Gasteiger partial charge in [-0.2, -0.15) is 13.2 Å². The predicted molar refractivity (Wildman–Crippen MR) is 23.3 cm³/mol. The van der Waals surface area contributed by atoms with Crippen LogP contribution in [0.2, 0.25) is 0 Å². The minimum atomic E-state index is -3.92. The van der Waals surface area contributed by atoms with Gasteiger partial charge in [0.1, 0.15) is 0 Å². The zero-order chi connectivity index (χ0) is 6.36. The quantitative estimate of drug-likeness (QED) is 0.464. The van der Waals surface area contributed by atoms with E-state index in [-0.39, 0.29) is 5.92 Å². The van der Waals surface area contributed by atoms with Gasteiger partial charge in [0.25, 0.3) is 0 Å². The van der Waals surface area contributed by atoms with Gasteiger partial charge >= 0.3 is 6.18 Å². The highest BCUT2D eigenvalue weighted by Gasteiger charge is 2.52. The SMILES string of the molecule is C[C@H]1C[C@@H]1C(F)(F)F. The number of halogens is 3. The first-order chi connectivity index (χ1) is 3.52. The molecule has 0 bridgehead atoms. The zero-order valence-corrected chi connectivity index (χ0v) is 4.50. The molecule has 0 saturated heterocycles. The van der Waals surface area contributed by atoms with Crippen LogP contribution in [0.25, 0.3) is 0 Å². The minimum Gasteiger partial charge on any atom is -0.171 e. The second kappa shape index (κ2) is 1.39. The third-order valence-electron chi connectivity index (χ3n) is 1.53. The van der Waals surface area contributed by atoms with Crippen molar-refractivity contribution in [3.63, 3.8) is 0 Å². The highest BCUT2D eigenvalue weighted by molar-refractivity contribution is 4.87. The van der Waals surface area contributed by atoms with Gasteiger partial charge in [-0.15, -0.1) is 0 Å². The van der Waals surface area contributed by atoms with Crippen LogP contribution in [0.4, 0.5) is 13.2 Å². The molecule has 0 aromatic heterocycles. The fourth-order valence-electron chi connectivity index (χ4n) is 0.778. The summed E-state index contributed by atoms with van der Waals surface area (Å²) in [5.74, 6) is -1.10. The number of alkyl halides is 3. The standard InChI is InChI=1S/C5H7F3/c1-3-2-4(3)5(6,7)8/h3-4H,2H2,1H3/t3-,4-/m0/s1. The van der Waals surface area contributed by atoms with E-state index in [9.17, 15) is 13.2 Å². The van der Waals surface area contributed by atoms with Crippen molar-refractivity contribution in [3.8, 4) is 0 Å². The molecule has 3 heteroatoms. The van der Waals surface area contributed by atoms with Gasteiger partial charge in [-0.25, -0.2) is 0 Å². The van der Waals surface area contributed by atoms with Gasteiger partial charge in [0.15, 0.2) is 0 Å². The van der Waals surface area contributed by atoms with Gasteiger partial charge < -0.3 is 0 Å². The lowest BCUT2D eigenvalue weighted by Gasteiger charge is -2.01.